The summed E-state index contributed by atoms with van der Waals surface area (Å²) >= 11 is 0. The first kappa shape index (κ1) is 16.0. The Balaban J connectivity index is 2.67. The maximum atomic E-state index is 12.0. The zero-order valence-corrected chi connectivity index (χ0v) is 12.5. The van der Waals surface area contributed by atoms with Crippen LogP contribution in [0.1, 0.15) is 26.3 Å². The summed E-state index contributed by atoms with van der Waals surface area (Å²) < 4.78 is 1.65. The Labute approximate surface area is 118 Å². The fourth-order valence-electron chi connectivity index (χ4n) is 1.78. The molecule has 0 unspecified atom stereocenters. The summed E-state index contributed by atoms with van der Waals surface area (Å²) in [7, 11) is 3.41. The second kappa shape index (κ2) is 5.94. The van der Waals surface area contributed by atoms with Gasteiger partial charge in [0.15, 0.2) is 0 Å². The van der Waals surface area contributed by atoms with Gasteiger partial charge in [-0.3, -0.25) is 4.68 Å². The normalized spacial score (nSPS) is 12.8. The lowest BCUT2D eigenvalue weighted by atomic mass is 9.87. The monoisotopic (exact) mass is 282 g/mol. The highest BCUT2D eigenvalue weighted by molar-refractivity contribution is 5.83. The van der Waals surface area contributed by atoms with Gasteiger partial charge in [-0.15, -0.1) is 0 Å². The molecule has 1 rings (SSSR count). The molecule has 1 atom stereocenters. The number of urea groups is 1. The van der Waals surface area contributed by atoms with Gasteiger partial charge in [-0.2, -0.15) is 5.10 Å². The molecule has 7 nitrogen and oxygen atoms in total. The Morgan fingerprint density at radius 2 is 2.10 bits per heavy atom. The number of carbonyl (C=O) groups is 2. The topological polar surface area (TPSA) is 87.5 Å². The number of hydrogen-bond acceptors (Lipinski definition) is 3. The number of nitrogens with one attached hydrogen (secondary N) is 1. The number of amides is 2. The van der Waals surface area contributed by atoms with E-state index in [2.05, 4.69) is 10.4 Å². The van der Waals surface area contributed by atoms with Crippen LogP contribution in [0.15, 0.2) is 12.4 Å². The summed E-state index contributed by atoms with van der Waals surface area (Å²) in [6.45, 7) is 5.68. The lowest BCUT2D eigenvalue weighted by Crippen LogP contribution is -2.52. The van der Waals surface area contributed by atoms with Gasteiger partial charge in [0.2, 0.25) is 0 Å². The van der Waals surface area contributed by atoms with Gasteiger partial charge in [0.05, 0.1) is 12.7 Å². The number of aryl methyl sites for hydroxylation is 1. The molecule has 1 aromatic heterocycles. The van der Waals surface area contributed by atoms with Crippen LogP contribution < -0.4 is 5.32 Å². The van der Waals surface area contributed by atoms with Gasteiger partial charge in [-0.25, -0.2) is 9.59 Å². The van der Waals surface area contributed by atoms with Crippen molar-refractivity contribution in [3.05, 3.63) is 18.0 Å². The molecule has 0 bridgehead atoms. The molecule has 0 saturated carbocycles. The molecular weight excluding hydrogens is 260 g/mol. The Morgan fingerprint density at radius 3 is 2.50 bits per heavy atom. The number of rotatable bonds is 4. The van der Waals surface area contributed by atoms with Crippen LogP contribution in [0, 0.1) is 5.41 Å². The third-order valence-electron chi connectivity index (χ3n) is 2.91. The van der Waals surface area contributed by atoms with E-state index in [0.29, 0.717) is 6.54 Å². The minimum Gasteiger partial charge on any atom is -0.480 e. The Bertz CT molecular complexity index is 490. The zero-order valence-electron chi connectivity index (χ0n) is 12.5. The van der Waals surface area contributed by atoms with Crippen LogP contribution in [-0.4, -0.2) is 44.9 Å². The highest BCUT2D eigenvalue weighted by Gasteiger charge is 2.33. The molecular formula is C13H22N4O3. The molecule has 0 aliphatic rings. The van der Waals surface area contributed by atoms with Crippen LogP contribution in [0.3, 0.4) is 0 Å². The molecule has 0 saturated heterocycles. The number of aliphatic carboxylic acids is 1. The fraction of sp³-hybridized carbons (Fsp3) is 0.615. The zero-order chi connectivity index (χ0) is 15.5. The van der Waals surface area contributed by atoms with Gasteiger partial charge in [-0.1, -0.05) is 20.8 Å². The van der Waals surface area contributed by atoms with E-state index in [1.807, 2.05) is 6.20 Å². The largest absolute Gasteiger partial charge is 0.480 e. The van der Waals surface area contributed by atoms with E-state index in [0.717, 1.165) is 5.56 Å². The highest BCUT2D eigenvalue weighted by Crippen LogP contribution is 2.19. The molecule has 2 N–H and O–H groups in total. The molecule has 0 fully saturated rings. The minimum absolute atomic E-state index is 0.371. The van der Waals surface area contributed by atoms with Crippen LogP contribution in [0.2, 0.25) is 0 Å². The molecule has 0 aromatic carbocycles. The maximum Gasteiger partial charge on any atom is 0.326 e. The molecule has 0 aliphatic heterocycles. The first-order valence-electron chi connectivity index (χ1n) is 6.33. The predicted octanol–water partition coefficient (Wildman–Crippen LogP) is 1.06. The molecule has 7 heteroatoms. The summed E-state index contributed by atoms with van der Waals surface area (Å²) in [5.74, 6) is -1.04. The van der Waals surface area contributed by atoms with Crippen molar-refractivity contribution >= 4 is 12.0 Å². The lowest BCUT2D eigenvalue weighted by molar-refractivity contribution is -0.142. The number of hydrogen-bond donors (Lipinski definition) is 2. The quantitative estimate of drug-likeness (QED) is 0.864. The van der Waals surface area contributed by atoms with Gasteiger partial charge in [0, 0.05) is 25.9 Å². The van der Waals surface area contributed by atoms with Crippen LogP contribution in [-0.2, 0) is 18.4 Å². The van der Waals surface area contributed by atoms with Crippen LogP contribution >= 0.6 is 0 Å². The third-order valence-corrected chi connectivity index (χ3v) is 2.91. The van der Waals surface area contributed by atoms with Gasteiger partial charge >= 0.3 is 12.0 Å². The average Bonchev–Trinajstić information content (AvgIpc) is 2.69. The summed E-state index contributed by atoms with van der Waals surface area (Å²) in [6, 6.07) is -1.36. The third kappa shape index (κ3) is 4.25. The van der Waals surface area contributed by atoms with E-state index in [1.54, 1.807) is 45.7 Å². The molecule has 2 amide bonds. The standard InChI is InChI=1S/C13H22N4O3/c1-13(2,3)10(11(18)19)15-12(20)16(4)7-9-6-14-17(5)8-9/h6,8,10H,7H2,1-5H3,(H,15,20)(H,18,19)/t10-/m1/s1. The SMILES string of the molecule is CN(Cc1cnn(C)c1)C(=O)N[C@H](C(=O)O)C(C)(C)C. The van der Waals surface area contributed by atoms with E-state index in [-0.39, 0.29) is 0 Å². The Morgan fingerprint density at radius 1 is 1.50 bits per heavy atom. The molecule has 112 valence electrons. The highest BCUT2D eigenvalue weighted by atomic mass is 16.4. The number of nitrogens with zero attached hydrogens (tertiary/aromatic N) is 3. The van der Waals surface area contributed by atoms with Gasteiger partial charge in [0.25, 0.3) is 0 Å². The van der Waals surface area contributed by atoms with Crippen LogP contribution in [0.5, 0.6) is 0 Å². The van der Waals surface area contributed by atoms with E-state index >= 15 is 0 Å². The summed E-state index contributed by atoms with van der Waals surface area (Å²) in [6.07, 6.45) is 3.48. The number of carboxylic acids is 1. The van der Waals surface area contributed by atoms with Crippen molar-refractivity contribution < 1.29 is 14.7 Å². The van der Waals surface area contributed by atoms with Gasteiger partial charge in [0.1, 0.15) is 6.04 Å². The van der Waals surface area contributed by atoms with Crippen molar-refractivity contribution in [3.8, 4) is 0 Å². The van der Waals surface area contributed by atoms with Crippen molar-refractivity contribution in [2.45, 2.75) is 33.4 Å². The van der Waals surface area contributed by atoms with Crippen molar-refractivity contribution in [2.75, 3.05) is 7.05 Å². The number of carboxylic acid groups (broad SMARTS) is 1. The molecule has 1 aromatic rings. The number of aromatic nitrogens is 2. The average molecular weight is 282 g/mol. The van der Waals surface area contributed by atoms with Gasteiger partial charge < -0.3 is 15.3 Å². The lowest BCUT2D eigenvalue weighted by Gasteiger charge is -2.29. The van der Waals surface area contributed by atoms with Crippen molar-refractivity contribution in [1.29, 1.82) is 0 Å². The summed E-state index contributed by atoms with van der Waals surface area (Å²) in [4.78, 5) is 24.7. The Kier molecular flexibility index (Phi) is 4.75. The summed E-state index contributed by atoms with van der Waals surface area (Å²) in [5.41, 5.74) is 0.323. The van der Waals surface area contributed by atoms with Crippen LogP contribution in [0.4, 0.5) is 4.79 Å². The Hall–Kier alpha value is -2.05. The number of carbonyl (C=O) groups excluding carboxylic acids is 1. The molecule has 0 spiro atoms. The molecule has 1 heterocycles. The van der Waals surface area contributed by atoms with E-state index in [4.69, 9.17) is 0 Å². The maximum absolute atomic E-state index is 12.0. The van der Waals surface area contributed by atoms with Gasteiger partial charge in [-0.05, 0) is 5.41 Å². The predicted molar refractivity (Wildman–Crippen MR) is 74.1 cm³/mol. The van der Waals surface area contributed by atoms with E-state index < -0.39 is 23.5 Å². The fourth-order valence-corrected chi connectivity index (χ4v) is 1.78. The second-order valence-electron chi connectivity index (χ2n) is 5.97. The first-order chi connectivity index (χ1) is 9.11. The molecule has 20 heavy (non-hydrogen) atoms. The molecule has 0 radical (unpaired) electrons. The minimum atomic E-state index is -1.04. The van der Waals surface area contributed by atoms with E-state index in [9.17, 15) is 14.7 Å². The smallest absolute Gasteiger partial charge is 0.326 e. The summed E-state index contributed by atoms with van der Waals surface area (Å²) in [5, 5.41) is 15.8. The van der Waals surface area contributed by atoms with Crippen molar-refractivity contribution in [1.82, 2.24) is 20.0 Å². The van der Waals surface area contributed by atoms with Crippen molar-refractivity contribution in [3.63, 3.8) is 0 Å². The second-order valence-corrected chi connectivity index (χ2v) is 5.97. The first-order valence-corrected chi connectivity index (χ1v) is 6.33. The molecule has 0 aliphatic carbocycles. The van der Waals surface area contributed by atoms with E-state index in [1.165, 1.54) is 4.90 Å². The van der Waals surface area contributed by atoms with Crippen LogP contribution in [0.25, 0.3) is 0 Å². The van der Waals surface area contributed by atoms with Crippen molar-refractivity contribution in [2.24, 2.45) is 12.5 Å².